The molecule has 0 aromatic heterocycles. The van der Waals surface area contributed by atoms with Crippen LogP contribution in [0.5, 0.6) is 0 Å². The topological polar surface area (TPSA) is 90.0 Å². The first-order valence-electron chi connectivity index (χ1n) is 11.2. The number of nitrogens with zero attached hydrogens (tertiary/aromatic N) is 3. The smallest absolute Gasteiger partial charge is 0.321 e. The molecule has 4 rings (SSSR count). The van der Waals surface area contributed by atoms with E-state index in [1.165, 1.54) is 0 Å². The van der Waals surface area contributed by atoms with E-state index in [2.05, 4.69) is 5.32 Å². The van der Waals surface area contributed by atoms with Gasteiger partial charge in [-0.15, -0.1) is 0 Å². The minimum absolute atomic E-state index is 0.0503. The molecule has 3 fully saturated rings. The Hall–Kier alpha value is -2.13. The molecule has 0 radical (unpaired) electrons. The maximum atomic E-state index is 13.2. The second-order valence-corrected chi connectivity index (χ2v) is 11.0. The number of carbonyl (C=O) groups excluding carboxylic acids is 2. The minimum Gasteiger partial charge on any atom is -0.341 e. The van der Waals surface area contributed by atoms with Crippen LogP contribution in [0.1, 0.15) is 37.7 Å². The Bertz CT molecular complexity index is 935. The predicted octanol–water partition coefficient (Wildman–Crippen LogP) is 2.27. The highest BCUT2D eigenvalue weighted by molar-refractivity contribution is 7.89. The van der Waals surface area contributed by atoms with Crippen molar-refractivity contribution in [1.29, 1.82) is 0 Å². The molecule has 0 aliphatic carbocycles. The second kappa shape index (κ2) is 9.16. The summed E-state index contributed by atoms with van der Waals surface area (Å²) in [6.45, 7) is 4.70. The number of likely N-dealkylation sites (tertiary alicyclic amines) is 2. The number of piperidine rings is 2. The molecule has 3 saturated heterocycles. The normalized spacial score (nSPS) is 26.6. The van der Waals surface area contributed by atoms with Gasteiger partial charge in [-0.05, 0) is 56.7 Å². The van der Waals surface area contributed by atoms with Gasteiger partial charge in [0.05, 0.1) is 11.7 Å². The minimum atomic E-state index is -3.18. The van der Waals surface area contributed by atoms with E-state index < -0.39 is 10.0 Å². The van der Waals surface area contributed by atoms with Crippen LogP contribution < -0.4 is 5.32 Å². The number of benzene rings is 1. The number of urea groups is 1. The average molecular weight is 449 g/mol. The molecule has 2 atom stereocenters. The van der Waals surface area contributed by atoms with E-state index in [4.69, 9.17) is 0 Å². The number of anilines is 1. The van der Waals surface area contributed by atoms with Crippen LogP contribution in [-0.2, 0) is 14.8 Å². The van der Waals surface area contributed by atoms with Crippen LogP contribution in [0.3, 0.4) is 0 Å². The first-order chi connectivity index (χ1) is 14.8. The number of sulfonamides is 1. The summed E-state index contributed by atoms with van der Waals surface area (Å²) in [5.74, 6) is 0.0331. The van der Waals surface area contributed by atoms with Crippen molar-refractivity contribution in [2.45, 2.75) is 45.1 Å². The number of carbonyl (C=O) groups is 2. The lowest BCUT2D eigenvalue weighted by Crippen LogP contribution is -2.53. The summed E-state index contributed by atoms with van der Waals surface area (Å²) in [4.78, 5) is 29.5. The van der Waals surface area contributed by atoms with Gasteiger partial charge in [0, 0.05) is 44.5 Å². The Morgan fingerprint density at radius 3 is 2.52 bits per heavy atom. The number of nitrogens with one attached hydrogen (secondary N) is 1. The van der Waals surface area contributed by atoms with Gasteiger partial charge in [-0.2, -0.15) is 4.31 Å². The molecule has 31 heavy (non-hydrogen) atoms. The highest BCUT2D eigenvalue weighted by Crippen LogP contribution is 2.26. The third-order valence-electron chi connectivity index (χ3n) is 6.58. The first kappa shape index (κ1) is 22.1. The van der Waals surface area contributed by atoms with Crippen molar-refractivity contribution in [1.82, 2.24) is 14.1 Å². The molecule has 0 unspecified atom stereocenters. The van der Waals surface area contributed by atoms with Crippen LogP contribution in [0.25, 0.3) is 0 Å². The number of hydrogen-bond donors (Lipinski definition) is 1. The fourth-order valence-electron chi connectivity index (χ4n) is 5.01. The molecule has 3 aliphatic heterocycles. The fourth-order valence-corrected chi connectivity index (χ4v) is 6.77. The molecule has 170 valence electrons. The zero-order valence-electron chi connectivity index (χ0n) is 18.1. The number of rotatable bonds is 3. The van der Waals surface area contributed by atoms with Gasteiger partial charge in [0.15, 0.2) is 0 Å². The van der Waals surface area contributed by atoms with Crippen molar-refractivity contribution >= 4 is 27.6 Å². The van der Waals surface area contributed by atoms with Crippen molar-refractivity contribution in [2.24, 2.45) is 5.92 Å². The van der Waals surface area contributed by atoms with Crippen molar-refractivity contribution < 1.29 is 18.0 Å². The molecular formula is C22H32N4O4S. The third kappa shape index (κ3) is 5.03. The molecule has 3 aliphatic rings. The summed E-state index contributed by atoms with van der Waals surface area (Å²) in [5.41, 5.74) is 1.83. The molecule has 1 N–H and O–H groups in total. The average Bonchev–Trinajstić information content (AvgIpc) is 3.12. The molecule has 9 heteroatoms. The molecule has 1 aromatic rings. The monoisotopic (exact) mass is 448 g/mol. The van der Waals surface area contributed by atoms with Gasteiger partial charge in [-0.3, -0.25) is 4.79 Å². The van der Waals surface area contributed by atoms with E-state index in [-0.39, 0.29) is 29.7 Å². The summed E-state index contributed by atoms with van der Waals surface area (Å²) in [6, 6.07) is 7.37. The van der Waals surface area contributed by atoms with E-state index in [9.17, 15) is 18.0 Å². The van der Waals surface area contributed by atoms with Crippen LogP contribution in [0.15, 0.2) is 24.3 Å². The molecule has 0 bridgehead atoms. The first-order valence-corrected chi connectivity index (χ1v) is 12.9. The van der Waals surface area contributed by atoms with Crippen molar-refractivity contribution in [3.63, 3.8) is 0 Å². The molecular weight excluding hydrogens is 416 g/mol. The molecule has 3 amide bonds. The summed E-state index contributed by atoms with van der Waals surface area (Å²) >= 11 is 0. The van der Waals surface area contributed by atoms with E-state index in [0.29, 0.717) is 39.1 Å². The van der Waals surface area contributed by atoms with Gasteiger partial charge in [0.2, 0.25) is 15.9 Å². The highest BCUT2D eigenvalue weighted by atomic mass is 32.2. The quantitative estimate of drug-likeness (QED) is 0.768. The van der Waals surface area contributed by atoms with Crippen LogP contribution in [0.4, 0.5) is 10.5 Å². The van der Waals surface area contributed by atoms with Crippen LogP contribution in [0.2, 0.25) is 0 Å². The lowest BCUT2D eigenvalue weighted by atomic mass is 9.95. The van der Waals surface area contributed by atoms with Gasteiger partial charge in [-0.1, -0.05) is 12.1 Å². The SMILES string of the molecule is Cc1cccc(NC(=O)N2CCC[C@@H](C(=O)N3CCC[C@H](N4CCCS4(=O)=O)C3)C2)c1. The second-order valence-electron chi connectivity index (χ2n) is 8.95. The summed E-state index contributed by atoms with van der Waals surface area (Å²) in [5, 5.41) is 2.93. The van der Waals surface area contributed by atoms with Crippen molar-refractivity contribution in [2.75, 3.05) is 43.8 Å². The number of hydrogen-bond acceptors (Lipinski definition) is 4. The molecule has 1 aromatic carbocycles. The van der Waals surface area contributed by atoms with Crippen LogP contribution in [0, 0.1) is 12.8 Å². The number of aryl methyl sites for hydroxylation is 1. The van der Waals surface area contributed by atoms with E-state index in [1.54, 1.807) is 9.21 Å². The predicted molar refractivity (Wildman–Crippen MR) is 119 cm³/mol. The van der Waals surface area contributed by atoms with Gasteiger partial charge in [-0.25, -0.2) is 13.2 Å². The largest absolute Gasteiger partial charge is 0.341 e. The molecule has 8 nitrogen and oxygen atoms in total. The third-order valence-corrected chi connectivity index (χ3v) is 8.58. The Balaban J connectivity index is 1.36. The van der Waals surface area contributed by atoms with Gasteiger partial charge < -0.3 is 15.1 Å². The zero-order valence-corrected chi connectivity index (χ0v) is 18.9. The summed E-state index contributed by atoms with van der Waals surface area (Å²) < 4.78 is 26.2. The highest BCUT2D eigenvalue weighted by Gasteiger charge is 2.39. The fraction of sp³-hybridized carbons (Fsp3) is 0.636. The molecule has 3 heterocycles. The standard InChI is InChI=1S/C22H32N4O4S/c1-17-6-2-8-19(14-17)23-22(28)25-11-3-7-18(15-25)21(27)24-10-4-9-20(16-24)26-12-5-13-31(26,29)30/h2,6,8,14,18,20H,3-5,7,9-13,15-16H2,1H3,(H,23,28)/t18-,20+/m1/s1. The lowest BCUT2D eigenvalue weighted by molar-refractivity contribution is -0.138. The van der Waals surface area contributed by atoms with E-state index in [1.807, 2.05) is 36.1 Å². The lowest BCUT2D eigenvalue weighted by Gasteiger charge is -2.40. The van der Waals surface area contributed by atoms with Crippen molar-refractivity contribution in [3.05, 3.63) is 29.8 Å². The summed E-state index contributed by atoms with van der Waals surface area (Å²) in [7, 11) is -3.18. The Kier molecular flexibility index (Phi) is 6.52. The maximum Gasteiger partial charge on any atom is 0.321 e. The van der Waals surface area contributed by atoms with Crippen LogP contribution in [-0.4, -0.2) is 79.0 Å². The van der Waals surface area contributed by atoms with Gasteiger partial charge >= 0.3 is 6.03 Å². The van der Waals surface area contributed by atoms with Crippen molar-refractivity contribution in [3.8, 4) is 0 Å². The molecule has 0 spiro atoms. The van der Waals surface area contributed by atoms with Gasteiger partial charge in [0.25, 0.3) is 0 Å². The Labute approximate surface area is 184 Å². The zero-order chi connectivity index (χ0) is 22.0. The van der Waals surface area contributed by atoms with E-state index >= 15 is 0 Å². The summed E-state index contributed by atoms with van der Waals surface area (Å²) in [6.07, 6.45) is 3.83. The van der Waals surface area contributed by atoms with Gasteiger partial charge in [0.1, 0.15) is 0 Å². The number of amides is 3. The maximum absolute atomic E-state index is 13.2. The van der Waals surface area contributed by atoms with E-state index in [0.717, 1.165) is 36.9 Å². The Morgan fingerprint density at radius 2 is 1.77 bits per heavy atom. The Morgan fingerprint density at radius 1 is 1.00 bits per heavy atom. The molecule has 0 saturated carbocycles. The van der Waals surface area contributed by atoms with Crippen LogP contribution >= 0.6 is 0 Å².